The van der Waals surface area contributed by atoms with Crippen molar-refractivity contribution in [2.24, 2.45) is 5.92 Å². The van der Waals surface area contributed by atoms with E-state index >= 15 is 0 Å². The number of hydrogen-bond acceptors (Lipinski definition) is 4. The van der Waals surface area contributed by atoms with Gasteiger partial charge in [-0.2, -0.15) is 0 Å². The van der Waals surface area contributed by atoms with Gasteiger partial charge in [0.15, 0.2) is 0 Å². The Morgan fingerprint density at radius 1 is 0.938 bits per heavy atom. The Morgan fingerprint density at radius 2 is 1.75 bits per heavy atom. The second-order valence-electron chi connectivity index (χ2n) is 9.41. The average molecular weight is 474 g/mol. The minimum absolute atomic E-state index is 0.637. The summed E-state index contributed by atoms with van der Waals surface area (Å²) in [5, 5.41) is 1.31. The molecule has 2 heterocycles. The highest BCUT2D eigenvalue weighted by atomic mass is 35.5. The molecular formula is C26H33Cl2N3O. The van der Waals surface area contributed by atoms with Crippen LogP contribution in [0.25, 0.3) is 0 Å². The molecule has 2 atom stereocenters. The van der Waals surface area contributed by atoms with E-state index in [1.54, 1.807) is 7.11 Å². The molecule has 0 saturated carbocycles. The molecule has 2 aliphatic heterocycles. The third-order valence-corrected chi connectivity index (χ3v) is 8.54. The zero-order valence-corrected chi connectivity index (χ0v) is 20.4. The number of nitrogens with zero attached hydrogens (tertiary/aromatic N) is 3. The summed E-state index contributed by atoms with van der Waals surface area (Å²) in [6.45, 7) is 7.69. The molecule has 0 bridgehead atoms. The van der Waals surface area contributed by atoms with Crippen LogP contribution in [0.15, 0.2) is 36.4 Å². The van der Waals surface area contributed by atoms with E-state index in [1.165, 1.54) is 43.5 Å². The minimum atomic E-state index is 0.637. The number of likely N-dealkylation sites (tertiary alicyclic amines) is 1. The molecule has 3 aliphatic rings. The maximum Gasteiger partial charge on any atom is 0.122 e. The van der Waals surface area contributed by atoms with Crippen molar-refractivity contribution in [3.8, 4) is 5.75 Å². The molecular weight excluding hydrogens is 441 g/mol. The van der Waals surface area contributed by atoms with E-state index < -0.39 is 0 Å². The predicted molar refractivity (Wildman–Crippen MR) is 134 cm³/mol. The van der Waals surface area contributed by atoms with Crippen LogP contribution in [0.5, 0.6) is 5.75 Å². The molecule has 0 N–H and O–H groups in total. The zero-order valence-electron chi connectivity index (χ0n) is 18.9. The first kappa shape index (κ1) is 22.3. The van der Waals surface area contributed by atoms with Crippen LogP contribution in [0.4, 0.5) is 5.69 Å². The molecule has 0 spiro atoms. The molecule has 32 heavy (non-hydrogen) atoms. The summed E-state index contributed by atoms with van der Waals surface area (Å²) >= 11 is 12.7. The summed E-state index contributed by atoms with van der Waals surface area (Å²) in [5.41, 5.74) is 4.01. The average Bonchev–Trinajstić information content (AvgIpc) is 2.83. The molecule has 172 valence electrons. The highest BCUT2D eigenvalue weighted by molar-refractivity contribution is 6.43. The molecule has 6 heteroatoms. The summed E-state index contributed by atoms with van der Waals surface area (Å²) in [6, 6.07) is 13.2. The maximum atomic E-state index is 6.44. The van der Waals surface area contributed by atoms with Gasteiger partial charge in [0.05, 0.1) is 22.8 Å². The first-order valence-electron chi connectivity index (χ1n) is 11.9. The zero-order chi connectivity index (χ0) is 22.1. The van der Waals surface area contributed by atoms with Crippen molar-refractivity contribution < 1.29 is 4.74 Å². The second kappa shape index (κ2) is 9.80. The van der Waals surface area contributed by atoms with Crippen molar-refractivity contribution in [1.29, 1.82) is 0 Å². The number of piperazine rings is 1. The highest BCUT2D eigenvalue weighted by Gasteiger charge is 2.36. The fourth-order valence-corrected chi connectivity index (χ4v) is 6.37. The Labute approximate surface area is 202 Å². The molecule has 5 rings (SSSR count). The van der Waals surface area contributed by atoms with E-state index in [4.69, 9.17) is 27.9 Å². The van der Waals surface area contributed by atoms with Crippen LogP contribution in [0.2, 0.25) is 10.0 Å². The first-order valence-corrected chi connectivity index (χ1v) is 12.7. The Bertz CT molecular complexity index is 945. The van der Waals surface area contributed by atoms with Crippen LogP contribution >= 0.6 is 23.2 Å². The largest absolute Gasteiger partial charge is 0.496 e. The molecule has 0 amide bonds. The van der Waals surface area contributed by atoms with Crippen LogP contribution in [0.3, 0.4) is 0 Å². The lowest BCUT2D eigenvalue weighted by Crippen LogP contribution is -2.53. The van der Waals surface area contributed by atoms with Crippen molar-refractivity contribution in [2.45, 2.75) is 31.7 Å². The third-order valence-electron chi connectivity index (χ3n) is 7.73. The standard InChI is InChI=1S/C26H33Cl2N3O/c1-32-25-9-2-5-19-18-24-20(17-21(19)25)6-4-10-30(24)14-11-29-12-15-31(16-13-29)23-8-3-7-22(27)26(23)28/h2-3,5,7-9,20,24H,4,6,10-18H2,1H3/t20-,24-/m0/s1. The van der Waals surface area contributed by atoms with E-state index in [-0.39, 0.29) is 0 Å². The van der Waals surface area contributed by atoms with Gasteiger partial charge < -0.3 is 9.64 Å². The highest BCUT2D eigenvalue weighted by Crippen LogP contribution is 2.38. The predicted octanol–water partition coefficient (Wildman–Crippen LogP) is 5.00. The molecule has 2 saturated heterocycles. The van der Waals surface area contributed by atoms with Crippen molar-refractivity contribution in [3.05, 3.63) is 57.6 Å². The normalized spacial score (nSPS) is 24.2. The first-order chi connectivity index (χ1) is 15.6. The van der Waals surface area contributed by atoms with Crippen LogP contribution in [-0.2, 0) is 12.8 Å². The SMILES string of the molecule is COc1cccc2c1C[C@@H]1CCCN(CCN3CCN(c4cccc(Cl)c4Cl)CC3)[C@H]1C2. The van der Waals surface area contributed by atoms with Gasteiger partial charge in [-0.1, -0.05) is 41.4 Å². The Morgan fingerprint density at radius 3 is 2.56 bits per heavy atom. The lowest BCUT2D eigenvalue weighted by Gasteiger charge is -2.46. The van der Waals surface area contributed by atoms with E-state index in [1.807, 2.05) is 12.1 Å². The minimum Gasteiger partial charge on any atom is -0.496 e. The molecule has 2 fully saturated rings. The molecule has 4 nitrogen and oxygen atoms in total. The van der Waals surface area contributed by atoms with Crippen molar-refractivity contribution >= 4 is 28.9 Å². The monoisotopic (exact) mass is 473 g/mol. The number of benzene rings is 2. The molecule has 0 radical (unpaired) electrons. The summed E-state index contributed by atoms with van der Waals surface area (Å²) in [7, 11) is 1.80. The number of fused-ring (bicyclic) bond motifs is 2. The van der Waals surface area contributed by atoms with Gasteiger partial charge in [0.25, 0.3) is 0 Å². The van der Waals surface area contributed by atoms with E-state index in [0.717, 1.165) is 56.5 Å². The topological polar surface area (TPSA) is 19.0 Å². The lowest BCUT2D eigenvalue weighted by atomic mass is 9.75. The summed E-state index contributed by atoms with van der Waals surface area (Å²) < 4.78 is 5.66. The fourth-order valence-electron chi connectivity index (χ4n) is 5.96. The van der Waals surface area contributed by atoms with E-state index in [9.17, 15) is 0 Å². The van der Waals surface area contributed by atoms with Gasteiger partial charge in [0, 0.05) is 45.3 Å². The van der Waals surface area contributed by atoms with Crippen molar-refractivity contribution in [1.82, 2.24) is 9.80 Å². The smallest absolute Gasteiger partial charge is 0.122 e. The molecule has 2 aromatic rings. The third kappa shape index (κ3) is 4.48. The second-order valence-corrected chi connectivity index (χ2v) is 10.2. The number of halogens is 2. The quantitative estimate of drug-likeness (QED) is 0.607. The summed E-state index contributed by atoms with van der Waals surface area (Å²) in [5.74, 6) is 1.84. The van der Waals surface area contributed by atoms with Gasteiger partial charge in [-0.25, -0.2) is 0 Å². The van der Waals surface area contributed by atoms with Crippen LogP contribution < -0.4 is 9.64 Å². The van der Waals surface area contributed by atoms with Gasteiger partial charge in [0.1, 0.15) is 5.75 Å². The van der Waals surface area contributed by atoms with Crippen molar-refractivity contribution in [3.63, 3.8) is 0 Å². The number of ether oxygens (including phenoxy) is 1. The van der Waals surface area contributed by atoms with Crippen LogP contribution in [0, 0.1) is 5.92 Å². The molecule has 0 unspecified atom stereocenters. The van der Waals surface area contributed by atoms with Crippen molar-refractivity contribution in [2.75, 3.05) is 57.8 Å². The van der Waals surface area contributed by atoms with Gasteiger partial charge in [0.2, 0.25) is 0 Å². The van der Waals surface area contributed by atoms with Crippen LogP contribution in [0.1, 0.15) is 24.0 Å². The van der Waals surface area contributed by atoms with Crippen LogP contribution in [-0.4, -0.2) is 68.8 Å². The molecule has 1 aliphatic carbocycles. The number of methoxy groups -OCH3 is 1. The van der Waals surface area contributed by atoms with Gasteiger partial charge in [-0.3, -0.25) is 9.80 Å². The molecule has 2 aromatic carbocycles. The summed E-state index contributed by atoms with van der Waals surface area (Å²) in [6.07, 6.45) is 4.99. The molecule has 0 aromatic heterocycles. The lowest BCUT2D eigenvalue weighted by molar-refractivity contribution is 0.0722. The Kier molecular flexibility index (Phi) is 6.84. The Hall–Kier alpha value is -1.46. The number of rotatable bonds is 5. The fraction of sp³-hybridized carbons (Fsp3) is 0.538. The maximum absolute atomic E-state index is 6.44. The van der Waals surface area contributed by atoms with Gasteiger partial charge in [-0.15, -0.1) is 0 Å². The number of hydrogen-bond donors (Lipinski definition) is 0. The van der Waals surface area contributed by atoms with E-state index in [0.29, 0.717) is 16.1 Å². The number of piperidine rings is 1. The van der Waals surface area contributed by atoms with Gasteiger partial charge in [-0.05, 0) is 67.5 Å². The summed E-state index contributed by atoms with van der Waals surface area (Å²) in [4.78, 5) is 7.75. The Balaban J connectivity index is 1.17. The number of anilines is 1. The van der Waals surface area contributed by atoms with Gasteiger partial charge >= 0.3 is 0 Å². The van der Waals surface area contributed by atoms with E-state index in [2.05, 4.69) is 39.0 Å².